The number of hydrogen-bond acceptors (Lipinski definition) is 3. The van der Waals surface area contributed by atoms with Crippen LogP contribution >= 0.6 is 0 Å². The molecule has 118 valence electrons. The summed E-state index contributed by atoms with van der Waals surface area (Å²) in [5.41, 5.74) is 0.970. The molecule has 0 bridgehead atoms. The summed E-state index contributed by atoms with van der Waals surface area (Å²) in [5.74, 6) is 0.794. The Hall–Kier alpha value is -1.81. The molecule has 1 amide bonds. The van der Waals surface area contributed by atoms with Crippen molar-refractivity contribution in [1.82, 2.24) is 10.2 Å². The maximum absolute atomic E-state index is 12.0. The number of hydrogen-bond donors (Lipinski definition) is 1. The van der Waals surface area contributed by atoms with Crippen LogP contribution in [-0.2, 0) is 4.79 Å². The Morgan fingerprint density at radius 2 is 2.05 bits per heavy atom. The molecule has 0 spiro atoms. The van der Waals surface area contributed by atoms with Crippen LogP contribution in [0, 0.1) is 0 Å². The highest BCUT2D eigenvalue weighted by Gasteiger charge is 2.31. The molecule has 1 aromatic rings. The van der Waals surface area contributed by atoms with Crippen LogP contribution in [0.5, 0.6) is 5.75 Å². The van der Waals surface area contributed by atoms with E-state index < -0.39 is 0 Å². The van der Waals surface area contributed by atoms with Gasteiger partial charge in [0.2, 0.25) is 5.91 Å². The van der Waals surface area contributed by atoms with Gasteiger partial charge in [-0.15, -0.1) is 0 Å². The Morgan fingerprint density at radius 1 is 1.27 bits per heavy atom. The van der Waals surface area contributed by atoms with E-state index in [0.29, 0.717) is 6.04 Å². The maximum Gasteiger partial charge on any atom is 0.244 e. The van der Waals surface area contributed by atoms with Gasteiger partial charge in [-0.05, 0) is 49.5 Å². The Labute approximate surface area is 132 Å². The average Bonchev–Trinajstić information content (AvgIpc) is 3.39. The van der Waals surface area contributed by atoms with Crippen molar-refractivity contribution < 1.29 is 9.53 Å². The molecular weight excluding hydrogens is 276 g/mol. The predicted octanol–water partition coefficient (Wildman–Crippen LogP) is 2.45. The minimum atomic E-state index is -0.00677. The molecule has 4 nitrogen and oxygen atoms in total. The third kappa shape index (κ3) is 4.10. The zero-order valence-corrected chi connectivity index (χ0v) is 13.1. The predicted molar refractivity (Wildman–Crippen MR) is 87.8 cm³/mol. The van der Waals surface area contributed by atoms with Gasteiger partial charge in [0.25, 0.3) is 0 Å². The van der Waals surface area contributed by atoms with Crippen molar-refractivity contribution in [2.24, 2.45) is 0 Å². The van der Waals surface area contributed by atoms with Gasteiger partial charge in [0, 0.05) is 31.2 Å². The van der Waals surface area contributed by atoms with E-state index in [1.807, 2.05) is 30.3 Å². The lowest BCUT2D eigenvalue weighted by molar-refractivity contribution is -0.117. The van der Waals surface area contributed by atoms with Crippen LogP contribution in [0.1, 0.15) is 31.2 Å². The summed E-state index contributed by atoms with van der Waals surface area (Å²) < 4.78 is 5.18. The van der Waals surface area contributed by atoms with Gasteiger partial charge in [-0.3, -0.25) is 4.79 Å². The largest absolute Gasteiger partial charge is 0.497 e. The molecule has 1 aliphatic heterocycles. The van der Waals surface area contributed by atoms with E-state index >= 15 is 0 Å². The first-order valence-electron chi connectivity index (χ1n) is 8.11. The van der Waals surface area contributed by atoms with Crippen molar-refractivity contribution >= 4 is 12.0 Å². The number of piperidine rings is 1. The number of carbonyl (C=O) groups is 1. The lowest BCUT2D eigenvalue weighted by atomic mass is 10.0. The van der Waals surface area contributed by atoms with E-state index in [1.54, 1.807) is 13.2 Å². The van der Waals surface area contributed by atoms with E-state index in [2.05, 4.69) is 10.2 Å². The van der Waals surface area contributed by atoms with Crippen LogP contribution in [0.2, 0.25) is 0 Å². The average molecular weight is 300 g/mol. The van der Waals surface area contributed by atoms with Gasteiger partial charge < -0.3 is 15.0 Å². The number of methoxy groups -OCH3 is 1. The number of carbonyl (C=O) groups excluding carboxylic acids is 1. The molecule has 4 heteroatoms. The Kier molecular flexibility index (Phi) is 4.78. The van der Waals surface area contributed by atoms with Gasteiger partial charge >= 0.3 is 0 Å². The number of ether oxygens (including phenoxy) is 1. The molecule has 0 aromatic heterocycles. The van der Waals surface area contributed by atoms with Gasteiger partial charge in [-0.25, -0.2) is 0 Å². The highest BCUT2D eigenvalue weighted by atomic mass is 16.5. The topological polar surface area (TPSA) is 41.6 Å². The molecule has 0 atom stereocenters. The van der Waals surface area contributed by atoms with Crippen LogP contribution in [0.3, 0.4) is 0 Å². The van der Waals surface area contributed by atoms with Crippen molar-refractivity contribution in [2.45, 2.75) is 37.8 Å². The fourth-order valence-electron chi connectivity index (χ4n) is 3.02. The number of rotatable bonds is 5. The first kappa shape index (κ1) is 15.1. The fourth-order valence-corrected chi connectivity index (χ4v) is 3.02. The fraction of sp³-hybridized carbons (Fsp3) is 0.500. The maximum atomic E-state index is 12.0. The molecule has 0 radical (unpaired) electrons. The highest BCUT2D eigenvalue weighted by molar-refractivity contribution is 5.91. The summed E-state index contributed by atoms with van der Waals surface area (Å²) >= 11 is 0. The second kappa shape index (κ2) is 6.97. The number of likely N-dealkylation sites (tertiary alicyclic amines) is 1. The summed E-state index contributed by atoms with van der Waals surface area (Å²) in [5, 5.41) is 3.11. The van der Waals surface area contributed by atoms with Crippen molar-refractivity contribution in [1.29, 1.82) is 0 Å². The summed E-state index contributed by atoms with van der Waals surface area (Å²) in [7, 11) is 1.64. The van der Waals surface area contributed by atoms with E-state index in [0.717, 1.165) is 43.3 Å². The molecule has 3 rings (SSSR count). The van der Waals surface area contributed by atoms with Crippen LogP contribution in [0.4, 0.5) is 0 Å². The summed E-state index contributed by atoms with van der Waals surface area (Å²) in [6, 6.07) is 8.84. The van der Waals surface area contributed by atoms with Crippen LogP contribution in [0.15, 0.2) is 30.3 Å². The molecule has 2 fully saturated rings. The van der Waals surface area contributed by atoms with Crippen LogP contribution < -0.4 is 10.1 Å². The second-order valence-corrected chi connectivity index (χ2v) is 6.16. The minimum absolute atomic E-state index is 0.00677. The second-order valence-electron chi connectivity index (χ2n) is 6.16. The molecule has 1 saturated carbocycles. The SMILES string of the molecule is COc1cccc(/C=C/C(=O)NC2CCN(C3CC3)CC2)c1. The molecular formula is C18H24N2O2. The van der Waals surface area contributed by atoms with E-state index in [1.165, 1.54) is 12.8 Å². The lowest BCUT2D eigenvalue weighted by Gasteiger charge is -2.32. The summed E-state index contributed by atoms with van der Waals surface area (Å²) in [4.78, 5) is 14.6. The number of benzene rings is 1. The number of nitrogens with one attached hydrogen (secondary N) is 1. The van der Waals surface area contributed by atoms with Crippen molar-refractivity contribution in [2.75, 3.05) is 20.2 Å². The molecule has 1 heterocycles. The zero-order chi connectivity index (χ0) is 15.4. The van der Waals surface area contributed by atoms with Gasteiger partial charge in [-0.1, -0.05) is 12.1 Å². The third-order valence-electron chi connectivity index (χ3n) is 4.46. The van der Waals surface area contributed by atoms with Gasteiger partial charge in [0.1, 0.15) is 5.75 Å². The first-order valence-corrected chi connectivity index (χ1v) is 8.11. The van der Waals surface area contributed by atoms with Crippen LogP contribution in [0.25, 0.3) is 6.08 Å². The smallest absolute Gasteiger partial charge is 0.244 e. The minimum Gasteiger partial charge on any atom is -0.497 e. The third-order valence-corrected chi connectivity index (χ3v) is 4.46. The molecule has 0 unspecified atom stereocenters. The van der Waals surface area contributed by atoms with Crippen LogP contribution in [-0.4, -0.2) is 43.1 Å². The molecule has 1 saturated heterocycles. The van der Waals surface area contributed by atoms with E-state index in [4.69, 9.17) is 4.74 Å². The Balaban J connectivity index is 1.46. The standard InChI is InChI=1S/C18H24N2O2/c1-22-17-4-2-3-14(13-17)5-8-18(21)19-15-9-11-20(12-10-15)16-6-7-16/h2-5,8,13,15-16H,6-7,9-12H2,1H3,(H,19,21)/b8-5+. The van der Waals surface area contributed by atoms with E-state index in [-0.39, 0.29) is 5.91 Å². The Morgan fingerprint density at radius 3 is 2.73 bits per heavy atom. The van der Waals surface area contributed by atoms with E-state index in [9.17, 15) is 4.79 Å². The number of amides is 1. The van der Waals surface area contributed by atoms with Gasteiger partial charge in [0.05, 0.1) is 7.11 Å². The van der Waals surface area contributed by atoms with Gasteiger partial charge in [-0.2, -0.15) is 0 Å². The quantitative estimate of drug-likeness (QED) is 0.849. The van der Waals surface area contributed by atoms with Gasteiger partial charge in [0.15, 0.2) is 0 Å². The summed E-state index contributed by atoms with van der Waals surface area (Å²) in [6.07, 6.45) is 8.30. The molecule has 1 aliphatic carbocycles. The van der Waals surface area contributed by atoms with Crippen molar-refractivity contribution in [3.63, 3.8) is 0 Å². The normalized spacial score (nSPS) is 20.2. The lowest BCUT2D eigenvalue weighted by Crippen LogP contribution is -2.44. The van der Waals surface area contributed by atoms with Crippen molar-refractivity contribution in [3.8, 4) is 5.75 Å². The number of nitrogens with zero attached hydrogens (tertiary/aromatic N) is 1. The monoisotopic (exact) mass is 300 g/mol. The molecule has 1 aromatic carbocycles. The molecule has 1 N–H and O–H groups in total. The van der Waals surface area contributed by atoms with Crippen molar-refractivity contribution in [3.05, 3.63) is 35.9 Å². The highest BCUT2D eigenvalue weighted by Crippen LogP contribution is 2.29. The molecule has 22 heavy (non-hydrogen) atoms. The Bertz CT molecular complexity index is 544. The zero-order valence-electron chi connectivity index (χ0n) is 13.1. The summed E-state index contributed by atoms with van der Waals surface area (Å²) in [6.45, 7) is 2.24. The first-order chi connectivity index (χ1) is 10.7. The molecule has 2 aliphatic rings.